The lowest BCUT2D eigenvalue weighted by molar-refractivity contribution is -0.0490. The van der Waals surface area contributed by atoms with Crippen molar-refractivity contribution in [1.82, 2.24) is 5.32 Å². The summed E-state index contributed by atoms with van der Waals surface area (Å²) in [5.41, 5.74) is 0. The van der Waals surface area contributed by atoms with Crippen molar-refractivity contribution in [3.63, 3.8) is 0 Å². The lowest BCUT2D eigenvalue weighted by Gasteiger charge is -2.30. The van der Waals surface area contributed by atoms with E-state index in [1.54, 1.807) is 0 Å². The molecule has 0 aromatic carbocycles. The summed E-state index contributed by atoms with van der Waals surface area (Å²) in [6.45, 7) is 0.914. The predicted octanol–water partition coefficient (Wildman–Crippen LogP) is -2.08. The first-order valence-electron chi connectivity index (χ1n) is 3.43. The van der Waals surface area contributed by atoms with Gasteiger partial charge >= 0.3 is 0 Å². The molecule has 1 rings (SSSR count). The maximum Gasteiger partial charge on any atom is 0.0927 e. The Kier molecular flexibility index (Phi) is 2.62. The van der Waals surface area contributed by atoms with E-state index >= 15 is 0 Å². The van der Waals surface area contributed by atoms with Crippen molar-refractivity contribution in [2.75, 3.05) is 19.7 Å². The van der Waals surface area contributed by atoms with Crippen LogP contribution in [0.3, 0.4) is 0 Å². The van der Waals surface area contributed by atoms with Crippen LogP contribution in [-0.4, -0.2) is 47.2 Å². The maximum absolute atomic E-state index is 9.19. The molecule has 0 bridgehead atoms. The number of nitrogens with one attached hydrogen (secondary N) is 1. The van der Waals surface area contributed by atoms with Crippen LogP contribution >= 0.6 is 0 Å². The van der Waals surface area contributed by atoms with Gasteiger partial charge in [0.05, 0.1) is 12.2 Å². The fourth-order valence-corrected chi connectivity index (χ4v) is 1.14. The van der Waals surface area contributed by atoms with Gasteiger partial charge in [0.1, 0.15) is 0 Å². The van der Waals surface area contributed by atoms with Gasteiger partial charge in [-0.1, -0.05) is 0 Å². The average molecular weight is 147 g/mol. The minimum absolute atomic E-state index is 0.0781. The van der Waals surface area contributed by atoms with E-state index < -0.39 is 12.2 Å². The zero-order valence-electron chi connectivity index (χ0n) is 5.70. The summed E-state index contributed by atoms with van der Waals surface area (Å²) in [4.78, 5) is 0. The molecule has 1 saturated heterocycles. The Bertz CT molecular complexity index is 109. The quantitative estimate of drug-likeness (QED) is 0.343. The number of piperidine rings is 1. The summed E-state index contributed by atoms with van der Waals surface area (Å²) in [5.74, 6) is -0.219. The van der Waals surface area contributed by atoms with E-state index in [9.17, 15) is 5.11 Å². The molecule has 0 radical (unpaired) electrons. The van der Waals surface area contributed by atoms with Crippen LogP contribution in [0.1, 0.15) is 0 Å². The Morgan fingerprint density at radius 2 is 2.00 bits per heavy atom. The van der Waals surface area contributed by atoms with Crippen LogP contribution in [0.15, 0.2) is 0 Å². The summed E-state index contributed by atoms with van der Waals surface area (Å²) in [5, 5.41) is 29.8. The molecule has 0 aliphatic carbocycles. The first kappa shape index (κ1) is 7.94. The number of hydrogen-bond donors (Lipinski definition) is 4. The second kappa shape index (κ2) is 3.30. The number of β-amino-alcohol motifs (C(OH)–C–C–N with tert-alkyl or cyclic N) is 1. The van der Waals surface area contributed by atoms with E-state index in [0.29, 0.717) is 13.1 Å². The largest absolute Gasteiger partial charge is 0.396 e. The van der Waals surface area contributed by atoms with Crippen molar-refractivity contribution in [2.24, 2.45) is 5.92 Å². The molecule has 4 nitrogen and oxygen atoms in total. The Morgan fingerprint density at radius 1 is 1.30 bits per heavy atom. The third-order valence-electron chi connectivity index (χ3n) is 1.87. The topological polar surface area (TPSA) is 72.7 Å². The van der Waals surface area contributed by atoms with Gasteiger partial charge in [0.2, 0.25) is 0 Å². The molecule has 60 valence electrons. The number of aliphatic hydroxyl groups is 3. The van der Waals surface area contributed by atoms with Crippen LogP contribution < -0.4 is 5.32 Å². The SMILES string of the molecule is OCC1CNCC(O)[C@H]1O. The highest BCUT2D eigenvalue weighted by Gasteiger charge is 2.29. The molecule has 2 unspecified atom stereocenters. The fourth-order valence-electron chi connectivity index (χ4n) is 1.14. The van der Waals surface area contributed by atoms with Crippen molar-refractivity contribution in [3.05, 3.63) is 0 Å². The zero-order valence-corrected chi connectivity index (χ0v) is 5.70. The molecule has 0 aromatic rings. The molecule has 0 spiro atoms. The van der Waals surface area contributed by atoms with Gasteiger partial charge in [-0.05, 0) is 0 Å². The minimum Gasteiger partial charge on any atom is -0.396 e. The number of aliphatic hydroxyl groups excluding tert-OH is 3. The monoisotopic (exact) mass is 147 g/mol. The molecular formula is C6H13NO3. The van der Waals surface area contributed by atoms with Crippen LogP contribution in [-0.2, 0) is 0 Å². The van der Waals surface area contributed by atoms with Crippen LogP contribution in [0.2, 0.25) is 0 Å². The van der Waals surface area contributed by atoms with Gasteiger partial charge in [-0.2, -0.15) is 0 Å². The summed E-state index contributed by atoms with van der Waals surface area (Å²) < 4.78 is 0. The Labute approximate surface area is 59.5 Å². The minimum atomic E-state index is -0.772. The van der Waals surface area contributed by atoms with Gasteiger partial charge in [-0.25, -0.2) is 0 Å². The Balaban J connectivity index is 2.42. The molecule has 4 heteroatoms. The Hall–Kier alpha value is -0.160. The lowest BCUT2D eigenvalue weighted by Crippen LogP contribution is -2.51. The van der Waals surface area contributed by atoms with Gasteiger partial charge in [0.15, 0.2) is 0 Å². The molecule has 0 amide bonds. The molecule has 1 aliphatic heterocycles. The van der Waals surface area contributed by atoms with Crippen LogP contribution in [0.25, 0.3) is 0 Å². The Morgan fingerprint density at radius 3 is 2.50 bits per heavy atom. The molecule has 1 fully saturated rings. The van der Waals surface area contributed by atoms with Crippen LogP contribution in [0.5, 0.6) is 0 Å². The molecule has 0 aromatic heterocycles. The second-order valence-electron chi connectivity index (χ2n) is 2.66. The van der Waals surface area contributed by atoms with E-state index in [1.165, 1.54) is 0 Å². The van der Waals surface area contributed by atoms with Crippen molar-refractivity contribution in [2.45, 2.75) is 12.2 Å². The summed E-state index contributed by atoms with van der Waals surface area (Å²) in [7, 11) is 0. The van der Waals surface area contributed by atoms with E-state index in [4.69, 9.17) is 10.2 Å². The van der Waals surface area contributed by atoms with E-state index in [2.05, 4.69) is 5.32 Å². The van der Waals surface area contributed by atoms with Gasteiger partial charge in [-0.3, -0.25) is 0 Å². The van der Waals surface area contributed by atoms with E-state index in [0.717, 1.165) is 0 Å². The zero-order chi connectivity index (χ0) is 7.56. The highest BCUT2D eigenvalue weighted by Crippen LogP contribution is 2.10. The van der Waals surface area contributed by atoms with Gasteiger partial charge in [0, 0.05) is 25.6 Å². The molecule has 3 atom stereocenters. The molecule has 1 aliphatic rings. The third kappa shape index (κ3) is 1.46. The summed E-state index contributed by atoms with van der Waals surface area (Å²) in [6.07, 6.45) is -1.50. The summed E-state index contributed by atoms with van der Waals surface area (Å²) in [6, 6.07) is 0. The highest BCUT2D eigenvalue weighted by molar-refractivity contribution is 4.83. The van der Waals surface area contributed by atoms with Crippen molar-refractivity contribution in [1.29, 1.82) is 0 Å². The average Bonchev–Trinajstić information content (AvgIpc) is 1.95. The predicted molar refractivity (Wildman–Crippen MR) is 35.5 cm³/mol. The molecule has 4 N–H and O–H groups in total. The number of rotatable bonds is 1. The van der Waals surface area contributed by atoms with Crippen molar-refractivity contribution < 1.29 is 15.3 Å². The van der Waals surface area contributed by atoms with Crippen LogP contribution in [0, 0.1) is 5.92 Å². The fraction of sp³-hybridized carbons (Fsp3) is 1.00. The molecule has 10 heavy (non-hydrogen) atoms. The van der Waals surface area contributed by atoms with E-state index in [-0.39, 0.29) is 12.5 Å². The van der Waals surface area contributed by atoms with E-state index in [1.807, 2.05) is 0 Å². The van der Waals surface area contributed by atoms with Crippen molar-refractivity contribution >= 4 is 0 Å². The van der Waals surface area contributed by atoms with Gasteiger partial charge < -0.3 is 20.6 Å². The first-order valence-corrected chi connectivity index (χ1v) is 3.43. The maximum atomic E-state index is 9.19. The van der Waals surface area contributed by atoms with Gasteiger partial charge in [0.25, 0.3) is 0 Å². The first-order chi connectivity index (χ1) is 4.75. The standard InChI is InChI=1S/C6H13NO3/c8-3-4-1-7-2-5(9)6(4)10/h4-10H,1-3H2/t4?,5?,6-/m0/s1. The number of hydrogen-bond acceptors (Lipinski definition) is 4. The lowest BCUT2D eigenvalue weighted by atomic mass is 9.95. The van der Waals surface area contributed by atoms with Gasteiger partial charge in [-0.15, -0.1) is 0 Å². The highest BCUT2D eigenvalue weighted by atomic mass is 16.3. The van der Waals surface area contributed by atoms with Crippen molar-refractivity contribution in [3.8, 4) is 0 Å². The molecular weight excluding hydrogens is 134 g/mol. The van der Waals surface area contributed by atoms with Crippen LogP contribution in [0.4, 0.5) is 0 Å². The molecule has 1 heterocycles. The normalized spacial score (nSPS) is 41.7. The summed E-state index contributed by atoms with van der Waals surface area (Å²) >= 11 is 0. The smallest absolute Gasteiger partial charge is 0.0927 e. The molecule has 0 saturated carbocycles. The second-order valence-corrected chi connectivity index (χ2v) is 2.66. The third-order valence-corrected chi connectivity index (χ3v) is 1.87.